The quantitative estimate of drug-likeness (QED) is 0.754. The summed E-state index contributed by atoms with van der Waals surface area (Å²) in [7, 11) is 1.56. The molecule has 5 nitrogen and oxygen atoms in total. The number of hydrogen-bond acceptors (Lipinski definition) is 3. The van der Waals surface area contributed by atoms with Crippen molar-refractivity contribution in [1.82, 2.24) is 0 Å². The van der Waals surface area contributed by atoms with Crippen molar-refractivity contribution in [3.63, 3.8) is 0 Å². The molecule has 0 aliphatic heterocycles. The van der Waals surface area contributed by atoms with E-state index in [1.54, 1.807) is 31.4 Å². The molecule has 0 aliphatic carbocycles. The molecule has 0 bridgehead atoms. The normalized spacial score (nSPS) is 11.8. The Bertz CT molecular complexity index is 401. The maximum Gasteiger partial charge on any atom is 0.224 e. The van der Waals surface area contributed by atoms with Gasteiger partial charge in [0.1, 0.15) is 5.75 Å². The SMILES string of the molecule is COc1ccc(C(CCC(N)=O)C(N)=O)cc1. The van der Waals surface area contributed by atoms with Crippen LogP contribution in [0, 0.1) is 0 Å². The minimum absolute atomic E-state index is 0.139. The fraction of sp³-hybridized carbons (Fsp3) is 0.333. The molecule has 4 N–H and O–H groups in total. The third-order valence-electron chi connectivity index (χ3n) is 2.54. The van der Waals surface area contributed by atoms with E-state index in [1.807, 2.05) is 0 Å². The first-order chi connectivity index (χ1) is 8.04. The van der Waals surface area contributed by atoms with Crippen LogP contribution < -0.4 is 16.2 Å². The van der Waals surface area contributed by atoms with Gasteiger partial charge >= 0.3 is 0 Å². The van der Waals surface area contributed by atoms with Gasteiger partial charge in [0.15, 0.2) is 0 Å². The Balaban J connectivity index is 2.81. The summed E-state index contributed by atoms with van der Waals surface area (Å²) in [5.41, 5.74) is 11.1. The van der Waals surface area contributed by atoms with Gasteiger partial charge in [-0.25, -0.2) is 0 Å². The van der Waals surface area contributed by atoms with E-state index in [-0.39, 0.29) is 6.42 Å². The zero-order valence-electron chi connectivity index (χ0n) is 9.68. The first kappa shape index (κ1) is 13.0. The second-order valence-corrected chi connectivity index (χ2v) is 3.73. The van der Waals surface area contributed by atoms with Crippen molar-refractivity contribution in [2.24, 2.45) is 11.5 Å². The summed E-state index contributed by atoms with van der Waals surface area (Å²) >= 11 is 0. The molecule has 1 aromatic carbocycles. The number of rotatable bonds is 6. The Hall–Kier alpha value is -2.04. The van der Waals surface area contributed by atoms with Crippen molar-refractivity contribution in [1.29, 1.82) is 0 Å². The highest BCUT2D eigenvalue weighted by Gasteiger charge is 2.18. The van der Waals surface area contributed by atoms with Crippen LogP contribution in [0.3, 0.4) is 0 Å². The molecule has 2 amide bonds. The van der Waals surface area contributed by atoms with Gasteiger partial charge in [-0.1, -0.05) is 12.1 Å². The highest BCUT2D eigenvalue weighted by Crippen LogP contribution is 2.23. The molecule has 1 aromatic rings. The summed E-state index contributed by atoms with van der Waals surface area (Å²) in [6, 6.07) is 7.01. The molecule has 1 unspecified atom stereocenters. The lowest BCUT2D eigenvalue weighted by Crippen LogP contribution is -2.23. The van der Waals surface area contributed by atoms with Crippen LogP contribution >= 0.6 is 0 Å². The summed E-state index contributed by atoms with van der Waals surface area (Å²) in [6.45, 7) is 0. The number of primary amides is 2. The molecule has 0 aliphatic rings. The van der Waals surface area contributed by atoms with Crippen molar-refractivity contribution in [3.8, 4) is 5.75 Å². The van der Waals surface area contributed by atoms with Gasteiger partial charge < -0.3 is 16.2 Å². The number of benzene rings is 1. The molecule has 0 saturated carbocycles. The Morgan fingerprint density at radius 1 is 1.24 bits per heavy atom. The number of carbonyl (C=O) groups excluding carboxylic acids is 2. The van der Waals surface area contributed by atoms with Crippen molar-refractivity contribution >= 4 is 11.8 Å². The highest BCUT2D eigenvalue weighted by molar-refractivity contribution is 5.83. The second kappa shape index (κ2) is 5.89. The van der Waals surface area contributed by atoms with Crippen LogP contribution in [0.5, 0.6) is 5.75 Å². The third kappa shape index (κ3) is 3.79. The van der Waals surface area contributed by atoms with Gasteiger partial charge in [-0.05, 0) is 24.1 Å². The molecule has 17 heavy (non-hydrogen) atoms. The first-order valence-corrected chi connectivity index (χ1v) is 5.26. The lowest BCUT2D eigenvalue weighted by molar-refractivity contribution is -0.120. The van der Waals surface area contributed by atoms with Crippen LogP contribution in [0.1, 0.15) is 24.3 Å². The predicted octanol–water partition coefficient (Wildman–Crippen LogP) is 0.530. The number of carbonyl (C=O) groups is 2. The summed E-state index contributed by atoms with van der Waals surface area (Å²) in [5.74, 6) is -0.693. The average molecular weight is 236 g/mol. The minimum Gasteiger partial charge on any atom is -0.497 e. The topological polar surface area (TPSA) is 95.4 Å². The summed E-state index contributed by atoms with van der Waals surface area (Å²) in [5, 5.41) is 0. The number of nitrogens with two attached hydrogens (primary N) is 2. The molecular weight excluding hydrogens is 220 g/mol. The van der Waals surface area contributed by atoms with E-state index >= 15 is 0 Å². The monoisotopic (exact) mass is 236 g/mol. The molecule has 0 aromatic heterocycles. The fourth-order valence-corrected chi connectivity index (χ4v) is 1.60. The highest BCUT2D eigenvalue weighted by atomic mass is 16.5. The molecule has 0 heterocycles. The Morgan fingerprint density at radius 2 is 1.82 bits per heavy atom. The summed E-state index contributed by atoms with van der Waals surface area (Å²) in [4.78, 5) is 22.0. The molecule has 1 rings (SSSR count). The lowest BCUT2D eigenvalue weighted by Gasteiger charge is -2.13. The van der Waals surface area contributed by atoms with Gasteiger partial charge in [-0.3, -0.25) is 9.59 Å². The molecule has 5 heteroatoms. The summed E-state index contributed by atoms with van der Waals surface area (Å²) in [6.07, 6.45) is 0.469. The molecule has 0 radical (unpaired) electrons. The van der Waals surface area contributed by atoms with Crippen LogP contribution in [0.4, 0.5) is 0 Å². The van der Waals surface area contributed by atoms with Crippen LogP contribution in [-0.4, -0.2) is 18.9 Å². The van der Waals surface area contributed by atoms with E-state index < -0.39 is 17.7 Å². The Kier molecular flexibility index (Phi) is 4.51. The lowest BCUT2D eigenvalue weighted by atomic mass is 9.93. The second-order valence-electron chi connectivity index (χ2n) is 3.73. The summed E-state index contributed by atoms with van der Waals surface area (Å²) < 4.78 is 5.02. The number of methoxy groups -OCH3 is 1. The predicted molar refractivity (Wildman–Crippen MR) is 63.4 cm³/mol. The minimum atomic E-state index is -0.492. The zero-order valence-corrected chi connectivity index (χ0v) is 9.68. The average Bonchev–Trinajstić information content (AvgIpc) is 2.29. The molecule has 0 fully saturated rings. The molecule has 92 valence electrons. The van der Waals surface area contributed by atoms with Crippen LogP contribution in [0.2, 0.25) is 0 Å². The van der Waals surface area contributed by atoms with Crippen LogP contribution in [-0.2, 0) is 9.59 Å². The van der Waals surface area contributed by atoms with Gasteiger partial charge in [0.25, 0.3) is 0 Å². The van der Waals surface area contributed by atoms with E-state index in [0.29, 0.717) is 12.2 Å². The third-order valence-corrected chi connectivity index (χ3v) is 2.54. The zero-order chi connectivity index (χ0) is 12.8. The standard InChI is InChI=1S/C12H16N2O3/c1-17-9-4-2-8(3-5-9)10(12(14)16)6-7-11(13)15/h2-5,10H,6-7H2,1H3,(H2,13,15)(H2,14,16). The molecule has 1 atom stereocenters. The number of ether oxygens (including phenoxy) is 1. The number of amides is 2. The van der Waals surface area contributed by atoms with E-state index in [0.717, 1.165) is 5.56 Å². The number of hydrogen-bond donors (Lipinski definition) is 2. The maximum atomic E-state index is 11.3. The van der Waals surface area contributed by atoms with Crippen LogP contribution in [0.25, 0.3) is 0 Å². The Morgan fingerprint density at radius 3 is 2.24 bits per heavy atom. The Labute approximate surface area is 99.7 Å². The smallest absolute Gasteiger partial charge is 0.224 e. The van der Waals surface area contributed by atoms with Crippen molar-refractivity contribution < 1.29 is 14.3 Å². The van der Waals surface area contributed by atoms with Crippen molar-refractivity contribution in [2.75, 3.05) is 7.11 Å². The molecule has 0 spiro atoms. The molecular formula is C12H16N2O3. The van der Waals surface area contributed by atoms with Gasteiger partial charge in [0.05, 0.1) is 13.0 Å². The van der Waals surface area contributed by atoms with E-state index in [9.17, 15) is 9.59 Å². The van der Waals surface area contributed by atoms with Crippen molar-refractivity contribution in [3.05, 3.63) is 29.8 Å². The maximum absolute atomic E-state index is 11.3. The van der Waals surface area contributed by atoms with Gasteiger partial charge in [0.2, 0.25) is 11.8 Å². The van der Waals surface area contributed by atoms with E-state index in [1.165, 1.54) is 0 Å². The van der Waals surface area contributed by atoms with Crippen LogP contribution in [0.15, 0.2) is 24.3 Å². The van der Waals surface area contributed by atoms with E-state index in [2.05, 4.69) is 0 Å². The first-order valence-electron chi connectivity index (χ1n) is 5.26. The van der Waals surface area contributed by atoms with Gasteiger partial charge in [-0.2, -0.15) is 0 Å². The van der Waals surface area contributed by atoms with Gasteiger partial charge in [0, 0.05) is 6.42 Å². The largest absolute Gasteiger partial charge is 0.497 e. The van der Waals surface area contributed by atoms with Gasteiger partial charge in [-0.15, -0.1) is 0 Å². The fourth-order valence-electron chi connectivity index (χ4n) is 1.60. The van der Waals surface area contributed by atoms with Crippen molar-refractivity contribution in [2.45, 2.75) is 18.8 Å². The van der Waals surface area contributed by atoms with E-state index in [4.69, 9.17) is 16.2 Å². The molecule has 0 saturated heterocycles.